The minimum atomic E-state index is -0.525. The molecule has 2 N–H and O–H groups in total. The molecule has 0 saturated carbocycles. The molecule has 0 radical (unpaired) electrons. The Bertz CT molecular complexity index is 539. The van der Waals surface area contributed by atoms with Crippen LogP contribution < -0.4 is 5.73 Å². The lowest BCUT2D eigenvalue weighted by atomic mass is 10.1. The highest BCUT2D eigenvalue weighted by Gasteiger charge is 2.36. The third-order valence-electron chi connectivity index (χ3n) is 3.39. The second-order valence-corrected chi connectivity index (χ2v) is 4.66. The Morgan fingerprint density at radius 3 is 2.55 bits per heavy atom. The molecule has 1 aromatic carbocycles. The number of likely N-dealkylation sites (tertiary alicyclic amines) is 1. The van der Waals surface area contributed by atoms with Crippen molar-refractivity contribution in [2.75, 3.05) is 7.11 Å². The van der Waals surface area contributed by atoms with Crippen LogP contribution in [0.15, 0.2) is 24.3 Å². The number of hydrogen-bond acceptors (Lipinski definition) is 4. The molecule has 6 heteroatoms. The van der Waals surface area contributed by atoms with Crippen LogP contribution in [0.3, 0.4) is 0 Å². The molecule has 0 aliphatic carbocycles. The summed E-state index contributed by atoms with van der Waals surface area (Å²) in [6, 6.07) is 6.12. The molecular formula is C14H16N2O4. The van der Waals surface area contributed by atoms with Crippen LogP contribution in [0.25, 0.3) is 0 Å². The van der Waals surface area contributed by atoms with Gasteiger partial charge in [0.25, 0.3) is 0 Å². The van der Waals surface area contributed by atoms with Crippen molar-refractivity contribution >= 4 is 17.8 Å². The van der Waals surface area contributed by atoms with Gasteiger partial charge in [-0.2, -0.15) is 0 Å². The van der Waals surface area contributed by atoms with Gasteiger partial charge in [0, 0.05) is 18.5 Å². The number of nitrogens with two attached hydrogens (primary N) is 1. The summed E-state index contributed by atoms with van der Waals surface area (Å²) in [5.41, 5.74) is 6.41. The topological polar surface area (TPSA) is 89.7 Å². The van der Waals surface area contributed by atoms with Gasteiger partial charge in [0.05, 0.1) is 7.11 Å². The van der Waals surface area contributed by atoms with Crippen LogP contribution in [0, 0.1) is 0 Å². The van der Waals surface area contributed by atoms with Gasteiger partial charge in [-0.1, -0.05) is 12.1 Å². The van der Waals surface area contributed by atoms with Crippen LogP contribution in [-0.4, -0.2) is 35.8 Å². The Kier molecular flexibility index (Phi) is 4.02. The first-order chi connectivity index (χ1) is 9.52. The minimum absolute atomic E-state index is 0.0700. The third kappa shape index (κ3) is 2.79. The quantitative estimate of drug-likeness (QED) is 0.808. The highest BCUT2D eigenvalue weighted by molar-refractivity contribution is 5.92. The Balaban J connectivity index is 2.12. The lowest BCUT2D eigenvalue weighted by molar-refractivity contribution is -0.149. The van der Waals surface area contributed by atoms with Gasteiger partial charge in [0.1, 0.15) is 6.04 Å². The molecule has 2 rings (SSSR count). The van der Waals surface area contributed by atoms with Crippen molar-refractivity contribution in [3.05, 3.63) is 35.4 Å². The van der Waals surface area contributed by atoms with E-state index in [0.717, 1.165) is 5.56 Å². The van der Waals surface area contributed by atoms with Gasteiger partial charge in [-0.15, -0.1) is 0 Å². The van der Waals surface area contributed by atoms with Gasteiger partial charge >= 0.3 is 5.97 Å². The molecule has 106 valence electrons. The zero-order chi connectivity index (χ0) is 14.7. The van der Waals surface area contributed by atoms with Gasteiger partial charge in [-0.3, -0.25) is 9.59 Å². The molecule has 0 aromatic heterocycles. The number of ether oxygens (including phenoxy) is 1. The number of amides is 2. The van der Waals surface area contributed by atoms with E-state index < -0.39 is 17.9 Å². The number of nitrogens with zero attached hydrogens (tertiary/aromatic N) is 1. The van der Waals surface area contributed by atoms with Crippen molar-refractivity contribution in [3.63, 3.8) is 0 Å². The maximum atomic E-state index is 11.8. The van der Waals surface area contributed by atoms with Gasteiger partial charge in [-0.25, -0.2) is 4.79 Å². The molecule has 1 heterocycles. The van der Waals surface area contributed by atoms with Crippen LogP contribution in [0.2, 0.25) is 0 Å². The number of methoxy groups -OCH3 is 1. The first kappa shape index (κ1) is 14.0. The Morgan fingerprint density at radius 2 is 2.00 bits per heavy atom. The molecule has 1 fully saturated rings. The zero-order valence-corrected chi connectivity index (χ0v) is 11.2. The van der Waals surface area contributed by atoms with Crippen LogP contribution in [-0.2, 0) is 20.9 Å². The zero-order valence-electron chi connectivity index (χ0n) is 11.2. The van der Waals surface area contributed by atoms with E-state index in [4.69, 9.17) is 10.5 Å². The number of hydrogen-bond donors (Lipinski definition) is 1. The number of rotatable bonds is 4. The van der Waals surface area contributed by atoms with Crippen molar-refractivity contribution in [1.29, 1.82) is 0 Å². The van der Waals surface area contributed by atoms with E-state index in [9.17, 15) is 14.4 Å². The maximum Gasteiger partial charge on any atom is 0.328 e. The van der Waals surface area contributed by atoms with Crippen molar-refractivity contribution in [1.82, 2.24) is 4.90 Å². The molecule has 1 unspecified atom stereocenters. The number of benzene rings is 1. The van der Waals surface area contributed by atoms with E-state index >= 15 is 0 Å². The summed E-state index contributed by atoms with van der Waals surface area (Å²) in [6.45, 7) is 0.317. The standard InChI is InChI=1S/C14H16N2O4/c1-20-14(19)11-6-7-12(17)16(11)8-9-2-4-10(5-3-9)13(15)18/h2-5,11H,6-8H2,1H3,(H2,15,18). The number of carbonyl (C=O) groups excluding carboxylic acids is 3. The molecule has 20 heavy (non-hydrogen) atoms. The van der Waals surface area contributed by atoms with Gasteiger partial charge < -0.3 is 15.4 Å². The normalized spacial score (nSPS) is 18.1. The fourth-order valence-electron chi connectivity index (χ4n) is 2.28. The van der Waals surface area contributed by atoms with Gasteiger partial charge in [-0.05, 0) is 24.1 Å². The molecule has 0 spiro atoms. The molecule has 1 aliphatic heterocycles. The fourth-order valence-corrected chi connectivity index (χ4v) is 2.28. The second kappa shape index (κ2) is 5.73. The minimum Gasteiger partial charge on any atom is -0.467 e. The van der Waals surface area contributed by atoms with Crippen molar-refractivity contribution < 1.29 is 19.1 Å². The summed E-state index contributed by atoms with van der Waals surface area (Å²) in [6.07, 6.45) is 0.823. The van der Waals surface area contributed by atoms with Crippen LogP contribution in [0.4, 0.5) is 0 Å². The van der Waals surface area contributed by atoms with E-state index in [1.54, 1.807) is 24.3 Å². The summed E-state index contributed by atoms with van der Waals surface area (Å²) in [5.74, 6) is -0.967. The number of primary amides is 1. The second-order valence-electron chi connectivity index (χ2n) is 4.66. The summed E-state index contributed by atoms with van der Waals surface area (Å²) < 4.78 is 4.71. The highest BCUT2D eigenvalue weighted by Crippen LogP contribution is 2.22. The Morgan fingerprint density at radius 1 is 1.35 bits per heavy atom. The Hall–Kier alpha value is -2.37. The van der Waals surface area contributed by atoms with Crippen molar-refractivity contribution in [3.8, 4) is 0 Å². The van der Waals surface area contributed by atoms with E-state index in [-0.39, 0.29) is 5.91 Å². The number of esters is 1. The molecule has 1 saturated heterocycles. The summed E-state index contributed by atoms with van der Waals surface area (Å²) in [7, 11) is 1.31. The van der Waals surface area contributed by atoms with Gasteiger partial charge in [0.15, 0.2) is 0 Å². The highest BCUT2D eigenvalue weighted by atomic mass is 16.5. The smallest absolute Gasteiger partial charge is 0.328 e. The van der Waals surface area contributed by atoms with Gasteiger partial charge in [0.2, 0.25) is 11.8 Å². The van der Waals surface area contributed by atoms with Crippen LogP contribution >= 0.6 is 0 Å². The lowest BCUT2D eigenvalue weighted by Crippen LogP contribution is -2.38. The maximum absolute atomic E-state index is 11.8. The van der Waals surface area contributed by atoms with E-state index in [1.807, 2.05) is 0 Å². The van der Waals surface area contributed by atoms with Crippen molar-refractivity contribution in [2.45, 2.75) is 25.4 Å². The average molecular weight is 276 g/mol. The molecule has 1 aliphatic rings. The number of carbonyl (C=O) groups is 3. The predicted octanol–water partition coefficient (Wildman–Crippen LogP) is 0.449. The predicted molar refractivity (Wildman–Crippen MR) is 70.5 cm³/mol. The molecule has 2 amide bonds. The third-order valence-corrected chi connectivity index (χ3v) is 3.39. The SMILES string of the molecule is COC(=O)C1CCC(=O)N1Cc1ccc(C(N)=O)cc1. The largest absolute Gasteiger partial charge is 0.467 e. The van der Waals surface area contributed by atoms with Crippen molar-refractivity contribution in [2.24, 2.45) is 5.73 Å². The molecular weight excluding hydrogens is 260 g/mol. The van der Waals surface area contributed by atoms with E-state index in [2.05, 4.69) is 0 Å². The Labute approximate surface area is 116 Å². The van der Waals surface area contributed by atoms with Crippen LogP contribution in [0.1, 0.15) is 28.8 Å². The molecule has 6 nitrogen and oxygen atoms in total. The fraction of sp³-hybridized carbons (Fsp3) is 0.357. The average Bonchev–Trinajstić information content (AvgIpc) is 2.80. The summed E-state index contributed by atoms with van der Waals surface area (Å²) in [5, 5.41) is 0. The monoisotopic (exact) mass is 276 g/mol. The molecule has 1 aromatic rings. The van der Waals surface area contributed by atoms with E-state index in [0.29, 0.717) is 24.9 Å². The molecule has 0 bridgehead atoms. The van der Waals surface area contributed by atoms with E-state index in [1.165, 1.54) is 12.0 Å². The van der Waals surface area contributed by atoms with Crippen LogP contribution in [0.5, 0.6) is 0 Å². The summed E-state index contributed by atoms with van der Waals surface area (Å²) in [4.78, 5) is 35.9. The first-order valence-corrected chi connectivity index (χ1v) is 6.29. The molecule has 1 atom stereocenters. The summed E-state index contributed by atoms with van der Waals surface area (Å²) >= 11 is 0. The lowest BCUT2D eigenvalue weighted by Gasteiger charge is -2.22. The first-order valence-electron chi connectivity index (χ1n) is 6.29.